The van der Waals surface area contributed by atoms with Gasteiger partial charge in [0.05, 0.1) is 0 Å². The molecule has 0 radical (unpaired) electrons. The summed E-state index contributed by atoms with van der Waals surface area (Å²) in [5.41, 5.74) is 0. The third-order valence-electron chi connectivity index (χ3n) is 2.73. The average Bonchev–Trinajstić information content (AvgIpc) is 2.31. The average molecular weight is 423 g/mol. The van der Waals surface area contributed by atoms with E-state index in [1.54, 1.807) is 0 Å². The van der Waals surface area contributed by atoms with Crippen LogP contribution in [0.4, 0.5) is 48.3 Å². The molecule has 0 amide bonds. The molecular formula is C9H12F11NO3S. The topological polar surface area (TPSA) is 93.7 Å². The van der Waals surface area contributed by atoms with Crippen LogP contribution in [0.3, 0.4) is 0 Å². The second kappa shape index (κ2) is 7.38. The van der Waals surface area contributed by atoms with Crippen LogP contribution in [-0.4, -0.2) is 42.2 Å². The molecule has 0 aliphatic carbocycles. The zero-order valence-electron chi connectivity index (χ0n) is 12.1. The summed E-state index contributed by atoms with van der Waals surface area (Å²) in [6.07, 6.45) is -11.6. The van der Waals surface area contributed by atoms with Crippen LogP contribution in [0, 0.1) is 0 Å². The lowest BCUT2D eigenvalue weighted by atomic mass is 9.98. The van der Waals surface area contributed by atoms with Gasteiger partial charge in [0, 0.05) is 12.8 Å². The van der Waals surface area contributed by atoms with Gasteiger partial charge in [-0.15, -0.1) is 0 Å². The van der Waals surface area contributed by atoms with E-state index >= 15 is 0 Å². The standard InChI is InChI=1S/C9H9F11O3S.H3N/c10-5(11,3-1-2-4-6(12,13)14)7(15,16)8(17,18)9(19,20)24(21,22)23;/h1-4H2,(H,21,22,23);1H3. The van der Waals surface area contributed by atoms with E-state index in [1.807, 2.05) is 0 Å². The molecule has 154 valence electrons. The number of hydrogen-bond acceptors (Lipinski definition) is 3. The maximum atomic E-state index is 13.1. The molecule has 0 unspecified atom stereocenters. The van der Waals surface area contributed by atoms with Crippen molar-refractivity contribution in [2.24, 2.45) is 0 Å². The summed E-state index contributed by atoms with van der Waals surface area (Å²) in [4.78, 5) is 0. The highest BCUT2D eigenvalue weighted by atomic mass is 32.2. The minimum atomic E-state index is -7.44. The van der Waals surface area contributed by atoms with Gasteiger partial charge < -0.3 is 10.7 Å². The number of alkyl halides is 11. The molecule has 0 saturated carbocycles. The number of halogens is 11. The molecule has 0 fully saturated rings. The molecule has 0 aromatic heterocycles. The summed E-state index contributed by atoms with van der Waals surface area (Å²) >= 11 is 0. The van der Waals surface area contributed by atoms with Crippen molar-refractivity contribution in [3.8, 4) is 0 Å². The van der Waals surface area contributed by atoms with Crippen LogP contribution in [0.15, 0.2) is 0 Å². The number of rotatable bonds is 8. The lowest BCUT2D eigenvalue weighted by Gasteiger charge is -2.37. The van der Waals surface area contributed by atoms with E-state index in [4.69, 9.17) is 0 Å². The fraction of sp³-hybridized carbons (Fsp3) is 1.00. The molecule has 0 atom stereocenters. The Morgan fingerprint density at radius 3 is 1.36 bits per heavy atom. The highest BCUT2D eigenvalue weighted by molar-refractivity contribution is 7.86. The summed E-state index contributed by atoms with van der Waals surface area (Å²) < 4.78 is 169. The first-order chi connectivity index (χ1) is 10.2. The van der Waals surface area contributed by atoms with E-state index in [0.29, 0.717) is 0 Å². The molecular weight excluding hydrogens is 411 g/mol. The van der Waals surface area contributed by atoms with Gasteiger partial charge >= 0.3 is 29.2 Å². The van der Waals surface area contributed by atoms with Crippen LogP contribution in [-0.2, 0) is 10.1 Å². The zero-order valence-corrected chi connectivity index (χ0v) is 12.9. The van der Waals surface area contributed by atoms with Crippen molar-refractivity contribution in [1.82, 2.24) is 6.15 Å². The van der Waals surface area contributed by atoms with Crippen LogP contribution in [0.25, 0.3) is 0 Å². The van der Waals surface area contributed by atoms with Crippen LogP contribution in [0.5, 0.6) is 0 Å². The lowest BCUT2D eigenvalue weighted by Crippen LogP contribution is -2.64. The molecule has 4 N–H and O–H groups in total. The highest BCUT2D eigenvalue weighted by Crippen LogP contribution is 2.55. The van der Waals surface area contributed by atoms with Gasteiger partial charge in [-0.25, -0.2) is 8.42 Å². The molecule has 16 heteroatoms. The predicted octanol–water partition coefficient (Wildman–Crippen LogP) is 4.53. The Bertz CT molecular complexity index is 543. The van der Waals surface area contributed by atoms with Gasteiger partial charge in [0.25, 0.3) is 0 Å². The Balaban J connectivity index is 0. The van der Waals surface area contributed by atoms with Crippen LogP contribution < -0.4 is 6.15 Å². The normalized spacial score (nSPS) is 15.0. The summed E-state index contributed by atoms with van der Waals surface area (Å²) in [5, 5.41) is -7.07. The fourth-order valence-electron chi connectivity index (χ4n) is 1.40. The van der Waals surface area contributed by atoms with Crippen LogP contribution >= 0.6 is 0 Å². The monoisotopic (exact) mass is 423 g/mol. The second-order valence-electron chi connectivity index (χ2n) is 4.65. The zero-order chi connectivity index (χ0) is 19.8. The van der Waals surface area contributed by atoms with Crippen LogP contribution in [0.1, 0.15) is 25.7 Å². The quantitative estimate of drug-likeness (QED) is 0.353. The van der Waals surface area contributed by atoms with Crippen molar-refractivity contribution in [3.05, 3.63) is 0 Å². The number of quaternary nitrogens is 1. The van der Waals surface area contributed by atoms with Gasteiger partial charge in [-0.05, 0) is 12.8 Å². The van der Waals surface area contributed by atoms with E-state index in [2.05, 4.69) is 0 Å². The Labute approximate surface area is 133 Å². The first-order valence-corrected chi connectivity index (χ1v) is 7.15. The molecule has 25 heavy (non-hydrogen) atoms. The first-order valence-electron chi connectivity index (χ1n) is 5.74. The van der Waals surface area contributed by atoms with Gasteiger partial charge in [-0.3, -0.25) is 0 Å². The number of unbranched alkanes of at least 4 members (excludes halogenated alkanes) is 1. The third kappa shape index (κ3) is 5.29. The lowest BCUT2D eigenvalue weighted by molar-refractivity contribution is -0.349. The highest BCUT2D eigenvalue weighted by Gasteiger charge is 2.82. The maximum Gasteiger partial charge on any atom is 0.402 e. The second-order valence-corrected chi connectivity index (χ2v) is 6.07. The van der Waals surface area contributed by atoms with E-state index in [-0.39, 0.29) is 6.15 Å². The molecule has 4 nitrogen and oxygen atoms in total. The Morgan fingerprint density at radius 2 is 1.04 bits per heavy atom. The minimum absolute atomic E-state index is 0. The van der Waals surface area contributed by atoms with E-state index in [0.717, 1.165) is 0 Å². The van der Waals surface area contributed by atoms with Gasteiger partial charge in [-0.2, -0.15) is 48.3 Å². The van der Waals surface area contributed by atoms with E-state index in [1.165, 1.54) is 0 Å². The van der Waals surface area contributed by atoms with E-state index in [9.17, 15) is 61.3 Å². The first kappa shape index (κ1) is 26.3. The van der Waals surface area contributed by atoms with Crippen LogP contribution in [0.2, 0.25) is 0 Å². The van der Waals surface area contributed by atoms with Crippen molar-refractivity contribution in [2.45, 2.75) is 54.9 Å². The molecule has 0 heterocycles. The Morgan fingerprint density at radius 1 is 0.680 bits per heavy atom. The summed E-state index contributed by atoms with van der Waals surface area (Å²) in [5.74, 6) is -20.3. The van der Waals surface area contributed by atoms with Crippen molar-refractivity contribution >= 4 is 10.1 Å². The molecule has 0 aliphatic heterocycles. The SMILES string of the molecule is O=S(=O)([O-])C(F)(F)C(F)(F)C(F)(F)C(F)(F)CCCCC(F)(F)F.[NH4+]. The summed E-state index contributed by atoms with van der Waals surface area (Å²) in [6.45, 7) is 0. The molecule has 0 aromatic carbocycles. The largest absolute Gasteiger partial charge is 0.743 e. The van der Waals surface area contributed by atoms with Gasteiger partial charge in [0.1, 0.15) is 0 Å². The molecule has 0 aliphatic rings. The Hall–Kier alpha value is -0.900. The summed E-state index contributed by atoms with van der Waals surface area (Å²) in [7, 11) is -7.44. The predicted molar refractivity (Wildman–Crippen MR) is 60.0 cm³/mol. The Kier molecular flexibility index (Phi) is 7.77. The molecule has 0 bridgehead atoms. The fourth-order valence-corrected chi connectivity index (χ4v) is 1.84. The van der Waals surface area contributed by atoms with Crippen molar-refractivity contribution in [2.75, 3.05) is 0 Å². The van der Waals surface area contributed by atoms with Gasteiger partial charge in [0.15, 0.2) is 10.1 Å². The van der Waals surface area contributed by atoms with Gasteiger partial charge in [0.2, 0.25) is 0 Å². The number of hydrogen-bond donors (Lipinski definition) is 1. The van der Waals surface area contributed by atoms with Crippen molar-refractivity contribution in [1.29, 1.82) is 0 Å². The minimum Gasteiger partial charge on any atom is -0.743 e. The van der Waals surface area contributed by atoms with Gasteiger partial charge in [-0.1, -0.05) is 0 Å². The summed E-state index contributed by atoms with van der Waals surface area (Å²) in [6, 6.07) is 0. The molecule has 0 saturated heterocycles. The smallest absolute Gasteiger partial charge is 0.402 e. The maximum absolute atomic E-state index is 13.1. The molecule has 0 aromatic rings. The molecule has 0 rings (SSSR count). The molecule has 0 spiro atoms. The van der Waals surface area contributed by atoms with Crippen molar-refractivity contribution in [3.63, 3.8) is 0 Å². The van der Waals surface area contributed by atoms with Crippen molar-refractivity contribution < 1.29 is 61.3 Å². The third-order valence-corrected chi connectivity index (χ3v) is 3.62. The van der Waals surface area contributed by atoms with E-state index < -0.39 is 65.0 Å².